The molecule has 18 heteroatoms. The third-order valence-corrected chi connectivity index (χ3v) is 10.1. The number of Topliss-reactive ketones (excluding diaryl/α,β-unsaturated/α-hetero) is 2. The summed E-state index contributed by atoms with van der Waals surface area (Å²) >= 11 is 0. The smallest absolute Gasteiger partial charge is 0.329 e. The fraction of sp³-hybridized carbons (Fsp3) is 0.280. The summed E-state index contributed by atoms with van der Waals surface area (Å²) in [4.78, 5) is 112. The van der Waals surface area contributed by atoms with Gasteiger partial charge in [-0.3, -0.25) is 33.6 Å². The van der Waals surface area contributed by atoms with Crippen molar-refractivity contribution in [3.05, 3.63) is 155 Å². The molecule has 0 fully saturated rings. The number of ketones is 2. The van der Waals surface area contributed by atoms with E-state index in [0.29, 0.717) is 5.56 Å². The number of nitrogens with two attached hydrogens (primary N) is 2. The van der Waals surface area contributed by atoms with Crippen LogP contribution in [-0.2, 0) is 74.1 Å². The van der Waals surface area contributed by atoms with Gasteiger partial charge in [-0.05, 0) is 28.7 Å². The fourth-order valence-corrected chi connectivity index (χ4v) is 6.48. The third kappa shape index (κ3) is 17.3. The first-order valence-electron chi connectivity index (χ1n) is 21.7. The summed E-state index contributed by atoms with van der Waals surface area (Å²) in [5.41, 5.74) is 14.1. The minimum absolute atomic E-state index is 0.0157. The number of benzene rings is 4. The van der Waals surface area contributed by atoms with Gasteiger partial charge in [-0.15, -0.1) is 0 Å². The van der Waals surface area contributed by atoms with Crippen molar-refractivity contribution in [3.8, 4) is 0 Å². The van der Waals surface area contributed by atoms with Crippen LogP contribution in [0.2, 0.25) is 0 Å². The number of nitrogens with one attached hydrogen (secondary N) is 2. The van der Waals surface area contributed by atoms with Crippen molar-refractivity contribution in [2.45, 2.75) is 77.4 Å². The molecule has 0 radical (unpaired) electrons. The van der Waals surface area contributed by atoms with E-state index in [9.17, 15) is 38.4 Å². The lowest BCUT2D eigenvalue weighted by Gasteiger charge is -2.17. The average molecular weight is 929 g/mol. The number of carbonyl (C=O) groups excluding carboxylic acids is 8. The second-order valence-electron chi connectivity index (χ2n) is 15.4. The number of carbonyl (C=O) groups is 8. The van der Waals surface area contributed by atoms with Crippen molar-refractivity contribution >= 4 is 58.9 Å². The van der Waals surface area contributed by atoms with E-state index < -0.39 is 89.4 Å². The number of anilines is 2. The highest BCUT2D eigenvalue weighted by Crippen LogP contribution is 2.20. The lowest BCUT2D eigenvalue weighted by molar-refractivity contribution is -0.157. The number of nitrogen functional groups attached to an aromatic ring is 2. The lowest BCUT2D eigenvalue weighted by Crippen LogP contribution is -2.44. The molecule has 0 unspecified atom stereocenters. The zero-order valence-corrected chi connectivity index (χ0v) is 37.1. The Labute approximate surface area is 392 Å². The zero-order chi connectivity index (χ0) is 48.7. The second kappa shape index (κ2) is 26.6. The monoisotopic (exact) mass is 928 g/mol. The van der Waals surface area contributed by atoms with E-state index in [1.165, 1.54) is 0 Å². The molecule has 18 nitrogen and oxygen atoms in total. The van der Waals surface area contributed by atoms with Gasteiger partial charge in [0.25, 0.3) is 5.91 Å². The lowest BCUT2D eigenvalue weighted by atomic mass is 9.96. The Kier molecular flexibility index (Phi) is 19.9. The van der Waals surface area contributed by atoms with Crippen LogP contribution in [0.4, 0.5) is 11.6 Å². The summed E-state index contributed by atoms with van der Waals surface area (Å²) in [6, 6.07) is 34.2. The second-order valence-corrected chi connectivity index (χ2v) is 15.4. The molecule has 0 bridgehead atoms. The summed E-state index contributed by atoms with van der Waals surface area (Å²) in [5, 5.41) is 4.92. The molecular weight excluding hydrogens is 877 g/mol. The van der Waals surface area contributed by atoms with Crippen molar-refractivity contribution in [2.24, 2.45) is 5.92 Å². The highest BCUT2D eigenvalue weighted by molar-refractivity contribution is 6.02. The third-order valence-electron chi connectivity index (χ3n) is 10.1. The van der Waals surface area contributed by atoms with Crippen molar-refractivity contribution in [1.29, 1.82) is 0 Å². The van der Waals surface area contributed by atoms with Crippen molar-refractivity contribution < 1.29 is 57.3 Å². The Hall–Kier alpha value is -8.28. The summed E-state index contributed by atoms with van der Waals surface area (Å²) in [7, 11) is 0. The Morgan fingerprint density at radius 3 is 1.46 bits per heavy atom. The Morgan fingerprint density at radius 1 is 0.500 bits per heavy atom. The Balaban J connectivity index is 1.09. The maximum absolute atomic E-state index is 13.1. The van der Waals surface area contributed by atoms with Crippen LogP contribution in [0.15, 0.2) is 121 Å². The molecule has 2 atom stereocenters. The number of esters is 4. The van der Waals surface area contributed by atoms with Gasteiger partial charge in [-0.25, -0.2) is 14.8 Å². The van der Waals surface area contributed by atoms with Crippen molar-refractivity contribution in [1.82, 2.24) is 20.6 Å². The molecule has 0 aliphatic rings. The molecule has 2 amide bonds. The van der Waals surface area contributed by atoms with Crippen molar-refractivity contribution in [3.63, 3.8) is 0 Å². The number of hydrogen-bond donors (Lipinski definition) is 4. The first-order chi connectivity index (χ1) is 32.8. The van der Waals surface area contributed by atoms with E-state index in [-0.39, 0.29) is 70.8 Å². The SMILES string of the molecule is Nc1nc(C(=O)NCCC(=O)N[C@H](CC(=O)OCc2ccccc2)C(=O)OCc2ccccc2)c(N)nc1C(=O)CCCC(=O)C[C@H](CC(=O)OCc1ccccc1)C(=O)OCc1ccccc1. The van der Waals surface area contributed by atoms with Gasteiger partial charge in [-0.2, -0.15) is 0 Å². The van der Waals surface area contributed by atoms with E-state index in [4.69, 9.17) is 30.4 Å². The molecule has 0 saturated heterocycles. The molecule has 5 aromatic rings. The van der Waals surface area contributed by atoms with Gasteiger partial charge in [0.1, 0.15) is 38.3 Å². The summed E-state index contributed by atoms with van der Waals surface area (Å²) in [6.45, 7) is -0.505. The number of rotatable bonds is 26. The van der Waals surface area contributed by atoms with E-state index in [1.807, 2.05) is 18.2 Å². The van der Waals surface area contributed by atoms with E-state index in [0.717, 1.165) is 16.7 Å². The minimum atomic E-state index is -1.40. The van der Waals surface area contributed by atoms with Crippen LogP contribution in [-0.4, -0.2) is 69.8 Å². The fourth-order valence-electron chi connectivity index (χ4n) is 6.48. The van der Waals surface area contributed by atoms with Gasteiger partial charge in [-0.1, -0.05) is 121 Å². The van der Waals surface area contributed by atoms with Gasteiger partial charge in [0.05, 0.1) is 18.8 Å². The highest BCUT2D eigenvalue weighted by Gasteiger charge is 2.29. The highest BCUT2D eigenvalue weighted by atomic mass is 16.5. The molecular formula is C50H52N6O12. The van der Waals surface area contributed by atoms with Crippen LogP contribution in [0.5, 0.6) is 0 Å². The first kappa shape index (κ1) is 50.7. The Morgan fingerprint density at radius 2 is 0.941 bits per heavy atom. The number of amides is 2. The van der Waals surface area contributed by atoms with Crippen LogP contribution >= 0.6 is 0 Å². The molecule has 1 aromatic heterocycles. The molecule has 68 heavy (non-hydrogen) atoms. The molecule has 0 saturated carbocycles. The molecule has 0 spiro atoms. The van der Waals surface area contributed by atoms with Crippen LogP contribution in [0.25, 0.3) is 0 Å². The molecule has 0 aliphatic heterocycles. The quantitative estimate of drug-likeness (QED) is 0.0325. The average Bonchev–Trinajstić information content (AvgIpc) is 3.34. The van der Waals surface area contributed by atoms with Crippen LogP contribution in [0.1, 0.15) is 88.2 Å². The number of nitrogens with zero attached hydrogens (tertiary/aromatic N) is 2. The predicted octanol–water partition coefficient (Wildman–Crippen LogP) is 4.93. The van der Waals surface area contributed by atoms with Crippen LogP contribution in [0, 0.1) is 5.92 Å². The first-order valence-corrected chi connectivity index (χ1v) is 21.7. The molecule has 0 aliphatic carbocycles. The van der Waals surface area contributed by atoms with Crippen molar-refractivity contribution in [2.75, 3.05) is 18.0 Å². The molecule has 1 heterocycles. The van der Waals surface area contributed by atoms with E-state index in [1.54, 1.807) is 103 Å². The topological polar surface area (TPSA) is 275 Å². The molecule has 6 N–H and O–H groups in total. The van der Waals surface area contributed by atoms with E-state index >= 15 is 0 Å². The number of hydrogen-bond acceptors (Lipinski definition) is 16. The summed E-state index contributed by atoms with van der Waals surface area (Å²) < 4.78 is 21.5. The zero-order valence-electron chi connectivity index (χ0n) is 37.1. The van der Waals surface area contributed by atoms with Crippen LogP contribution < -0.4 is 22.1 Å². The maximum atomic E-state index is 13.1. The largest absolute Gasteiger partial charge is 0.461 e. The molecule has 354 valence electrons. The van der Waals surface area contributed by atoms with Gasteiger partial charge < -0.3 is 41.0 Å². The maximum Gasteiger partial charge on any atom is 0.329 e. The summed E-state index contributed by atoms with van der Waals surface area (Å²) in [6.07, 6.45) is -1.95. The van der Waals surface area contributed by atoms with Gasteiger partial charge >= 0.3 is 23.9 Å². The number of aromatic nitrogens is 2. The molecule has 5 rings (SSSR count). The Bertz CT molecular complexity index is 2340. The number of ether oxygens (including phenoxy) is 4. The van der Waals surface area contributed by atoms with E-state index in [2.05, 4.69) is 20.6 Å². The van der Waals surface area contributed by atoms with Gasteiger partial charge in [0.2, 0.25) is 5.91 Å². The van der Waals surface area contributed by atoms with Gasteiger partial charge in [0, 0.05) is 32.2 Å². The molecule has 4 aromatic carbocycles. The normalized spacial score (nSPS) is 11.5. The summed E-state index contributed by atoms with van der Waals surface area (Å²) in [5.74, 6) is -7.67. The van der Waals surface area contributed by atoms with Crippen LogP contribution in [0.3, 0.4) is 0 Å². The van der Waals surface area contributed by atoms with Gasteiger partial charge in [0.15, 0.2) is 28.8 Å². The standard InChI is InChI=1S/C50H52N6O12/c51-46-44(40(58)23-13-22-38(57)26-37(49(63)67-31-35-18-9-3-10-19-35)27-42(60)65-29-33-14-5-1-6-15-33)55-47(52)45(56-46)48(62)53-25-24-41(59)54-39(50(64)68-32-36-20-11-4-12-21-36)28-43(61)66-30-34-16-7-2-8-17-34/h1-12,14-21,37,39H,13,22-32H2,(H2,51,56)(H2,52,55)(H,53,62)(H,54,59)/t37-,39-/m1/s1. The minimum Gasteiger partial charge on any atom is -0.461 e. The predicted molar refractivity (Wildman–Crippen MR) is 245 cm³/mol.